The summed E-state index contributed by atoms with van der Waals surface area (Å²) in [5, 5.41) is 2.25. The Kier molecular flexibility index (Phi) is 3.00. The molecule has 1 saturated heterocycles. The second kappa shape index (κ2) is 5.14. The van der Waals surface area contributed by atoms with Gasteiger partial charge in [0.2, 0.25) is 11.8 Å². The highest BCUT2D eigenvalue weighted by Crippen LogP contribution is 2.66. The molecule has 0 spiro atoms. The van der Waals surface area contributed by atoms with Gasteiger partial charge in [-0.25, -0.2) is 9.88 Å². The molecular formula is C21H13BrN2O2S. The molecule has 0 saturated carbocycles. The Morgan fingerprint density at radius 2 is 1.59 bits per heavy atom. The minimum atomic E-state index is -0.696. The van der Waals surface area contributed by atoms with E-state index < -0.39 is 16.2 Å². The standard InChI is InChI=1S/C21H13BrN2O2S/c22-21-13-7-3-1-5-11(13)15(12-6-2-4-8-14(12)21)16-17(21)19(26)24(18(16)25)20-23-9-10-27-20/h1-10,15-17H/t15?,16-,17-,21?/m0/s1. The number of thiazole rings is 1. The summed E-state index contributed by atoms with van der Waals surface area (Å²) in [5.74, 6) is -1.29. The molecule has 6 heteroatoms. The van der Waals surface area contributed by atoms with E-state index in [0.29, 0.717) is 5.13 Å². The molecule has 1 fully saturated rings. The van der Waals surface area contributed by atoms with Gasteiger partial charge in [0, 0.05) is 17.5 Å². The molecular weight excluding hydrogens is 424 g/mol. The molecule has 2 amide bonds. The number of benzene rings is 2. The third kappa shape index (κ3) is 1.71. The van der Waals surface area contributed by atoms with Crippen molar-refractivity contribution in [3.05, 3.63) is 82.4 Å². The van der Waals surface area contributed by atoms with Crippen LogP contribution in [0.5, 0.6) is 0 Å². The molecule has 2 heterocycles. The van der Waals surface area contributed by atoms with E-state index in [1.54, 1.807) is 11.6 Å². The number of carbonyl (C=O) groups excluding carboxylic acids is 2. The second-order valence-electron chi connectivity index (χ2n) is 7.19. The van der Waals surface area contributed by atoms with Crippen LogP contribution in [-0.2, 0) is 13.9 Å². The summed E-state index contributed by atoms with van der Waals surface area (Å²) in [6.45, 7) is 0. The normalized spacial score (nSPS) is 30.3. The number of nitrogens with zero attached hydrogens (tertiary/aromatic N) is 2. The lowest BCUT2D eigenvalue weighted by Gasteiger charge is -2.51. The number of alkyl halides is 1. The zero-order valence-electron chi connectivity index (χ0n) is 14.0. The van der Waals surface area contributed by atoms with Gasteiger partial charge in [-0.3, -0.25) is 9.59 Å². The number of anilines is 1. The van der Waals surface area contributed by atoms with Gasteiger partial charge in [-0.1, -0.05) is 64.5 Å². The van der Waals surface area contributed by atoms with Gasteiger partial charge in [0.05, 0.1) is 16.2 Å². The van der Waals surface area contributed by atoms with Gasteiger partial charge in [0.15, 0.2) is 5.13 Å². The Hall–Kier alpha value is -2.31. The third-order valence-corrected chi connectivity index (χ3v) is 8.23. The minimum absolute atomic E-state index is 0.108. The molecule has 4 nitrogen and oxygen atoms in total. The van der Waals surface area contributed by atoms with Crippen molar-refractivity contribution in [1.82, 2.24) is 4.98 Å². The largest absolute Gasteiger partial charge is 0.274 e. The van der Waals surface area contributed by atoms with E-state index in [2.05, 4.69) is 45.2 Å². The maximum Gasteiger partial charge on any atom is 0.241 e. The molecule has 3 aliphatic carbocycles. The summed E-state index contributed by atoms with van der Waals surface area (Å²) >= 11 is 5.30. The summed E-state index contributed by atoms with van der Waals surface area (Å²) < 4.78 is -0.696. The van der Waals surface area contributed by atoms with Crippen LogP contribution in [0.4, 0.5) is 5.13 Å². The Balaban J connectivity index is 1.66. The van der Waals surface area contributed by atoms with Crippen molar-refractivity contribution in [2.24, 2.45) is 11.8 Å². The fraction of sp³-hybridized carbons (Fsp3) is 0.190. The monoisotopic (exact) mass is 436 g/mol. The van der Waals surface area contributed by atoms with Crippen molar-refractivity contribution in [3.63, 3.8) is 0 Å². The highest BCUT2D eigenvalue weighted by Gasteiger charge is 2.67. The fourth-order valence-electron chi connectivity index (χ4n) is 5.19. The molecule has 2 bridgehead atoms. The Bertz CT molecular complexity index is 1080. The second-order valence-corrected chi connectivity index (χ2v) is 9.32. The van der Waals surface area contributed by atoms with Gasteiger partial charge in [0.25, 0.3) is 0 Å². The molecule has 27 heavy (non-hydrogen) atoms. The summed E-state index contributed by atoms with van der Waals surface area (Å²) in [5.41, 5.74) is 4.46. The lowest BCUT2D eigenvalue weighted by atomic mass is 9.55. The first kappa shape index (κ1) is 15.7. The number of hydrogen-bond acceptors (Lipinski definition) is 4. The smallest absolute Gasteiger partial charge is 0.241 e. The van der Waals surface area contributed by atoms with Crippen LogP contribution >= 0.6 is 27.3 Å². The Labute approximate surface area is 168 Å². The van der Waals surface area contributed by atoms with E-state index in [9.17, 15) is 9.59 Å². The molecule has 132 valence electrons. The lowest BCUT2D eigenvalue weighted by molar-refractivity contribution is -0.122. The number of aromatic nitrogens is 1. The molecule has 7 rings (SSSR count). The van der Waals surface area contributed by atoms with Crippen molar-refractivity contribution in [1.29, 1.82) is 0 Å². The number of imide groups is 1. The summed E-state index contributed by atoms with van der Waals surface area (Å²) in [4.78, 5) is 32.5. The number of hydrogen-bond donors (Lipinski definition) is 0. The minimum Gasteiger partial charge on any atom is -0.274 e. The lowest BCUT2D eigenvalue weighted by Crippen LogP contribution is -2.50. The van der Waals surface area contributed by atoms with E-state index in [1.807, 2.05) is 24.3 Å². The Morgan fingerprint density at radius 1 is 0.963 bits per heavy atom. The van der Waals surface area contributed by atoms with Crippen LogP contribution < -0.4 is 4.90 Å². The Morgan fingerprint density at radius 3 is 2.19 bits per heavy atom. The predicted molar refractivity (Wildman–Crippen MR) is 106 cm³/mol. The molecule has 0 unspecified atom stereocenters. The average molecular weight is 437 g/mol. The van der Waals surface area contributed by atoms with Gasteiger partial charge in [0.1, 0.15) is 0 Å². The van der Waals surface area contributed by atoms with Crippen LogP contribution in [0, 0.1) is 11.8 Å². The van der Waals surface area contributed by atoms with Crippen molar-refractivity contribution in [2.75, 3.05) is 4.90 Å². The van der Waals surface area contributed by atoms with Crippen LogP contribution in [0.1, 0.15) is 28.2 Å². The van der Waals surface area contributed by atoms with Crippen molar-refractivity contribution < 1.29 is 9.59 Å². The van der Waals surface area contributed by atoms with Gasteiger partial charge in [-0.05, 0) is 22.3 Å². The van der Waals surface area contributed by atoms with E-state index in [1.165, 1.54) is 16.2 Å². The zero-order chi connectivity index (χ0) is 18.3. The molecule has 2 aromatic carbocycles. The first-order valence-corrected chi connectivity index (χ1v) is 10.5. The highest BCUT2D eigenvalue weighted by molar-refractivity contribution is 9.09. The van der Waals surface area contributed by atoms with Crippen molar-refractivity contribution in [2.45, 2.75) is 10.2 Å². The van der Waals surface area contributed by atoms with Crippen LogP contribution in [0.2, 0.25) is 0 Å². The van der Waals surface area contributed by atoms with E-state index in [4.69, 9.17) is 0 Å². The zero-order valence-corrected chi connectivity index (χ0v) is 16.4. The first-order chi connectivity index (χ1) is 13.1. The van der Waals surface area contributed by atoms with E-state index in [0.717, 1.165) is 22.3 Å². The van der Waals surface area contributed by atoms with Crippen LogP contribution in [-0.4, -0.2) is 16.8 Å². The average Bonchev–Trinajstić information content (AvgIpc) is 3.30. The molecule has 3 aromatic rings. The summed E-state index contributed by atoms with van der Waals surface area (Å²) in [6, 6.07) is 16.3. The topological polar surface area (TPSA) is 50.3 Å². The molecule has 0 radical (unpaired) electrons. The van der Waals surface area contributed by atoms with Crippen molar-refractivity contribution in [3.8, 4) is 0 Å². The predicted octanol–water partition coefficient (Wildman–Crippen LogP) is 4.05. The third-order valence-electron chi connectivity index (χ3n) is 6.12. The number of halogens is 1. The molecule has 4 aliphatic rings. The summed E-state index contributed by atoms with van der Waals surface area (Å²) in [7, 11) is 0. The quantitative estimate of drug-likeness (QED) is 0.427. The molecule has 2 atom stereocenters. The number of amides is 2. The number of carbonyl (C=O) groups is 2. The van der Waals surface area contributed by atoms with Gasteiger partial charge < -0.3 is 0 Å². The van der Waals surface area contributed by atoms with Gasteiger partial charge >= 0.3 is 0 Å². The maximum atomic E-state index is 13.5. The SMILES string of the molecule is O=C1[C@@H]2[C@@H](C(=O)N1c1nccs1)C1c3ccccc3C2(Br)c2ccccc21. The van der Waals surface area contributed by atoms with E-state index in [-0.39, 0.29) is 17.7 Å². The van der Waals surface area contributed by atoms with Crippen LogP contribution in [0.15, 0.2) is 60.1 Å². The van der Waals surface area contributed by atoms with Gasteiger partial charge in [-0.15, -0.1) is 11.3 Å². The van der Waals surface area contributed by atoms with Crippen LogP contribution in [0.3, 0.4) is 0 Å². The van der Waals surface area contributed by atoms with Crippen LogP contribution in [0.25, 0.3) is 0 Å². The first-order valence-electron chi connectivity index (χ1n) is 8.79. The highest BCUT2D eigenvalue weighted by atomic mass is 79.9. The van der Waals surface area contributed by atoms with E-state index >= 15 is 0 Å². The molecule has 1 aromatic heterocycles. The van der Waals surface area contributed by atoms with Crippen molar-refractivity contribution >= 4 is 44.2 Å². The summed E-state index contributed by atoms with van der Waals surface area (Å²) in [6.07, 6.45) is 1.63. The maximum absolute atomic E-state index is 13.5. The number of rotatable bonds is 1. The molecule has 0 N–H and O–H groups in total. The molecule has 1 aliphatic heterocycles. The van der Waals surface area contributed by atoms with Gasteiger partial charge in [-0.2, -0.15) is 0 Å². The fourth-order valence-corrected chi connectivity index (χ4v) is 7.05.